The van der Waals surface area contributed by atoms with Gasteiger partial charge in [0, 0.05) is 19.1 Å². The molecule has 0 atom stereocenters. The highest BCUT2D eigenvalue weighted by atomic mass is 19.1. The summed E-state index contributed by atoms with van der Waals surface area (Å²) in [5.41, 5.74) is 0.708. The number of carbonyl (C=O) groups excluding carboxylic acids is 1. The first kappa shape index (κ1) is 23.1. The van der Waals surface area contributed by atoms with Crippen LogP contribution in [-0.2, 0) is 10.3 Å². The topological polar surface area (TPSA) is 32.8 Å². The first-order valence-corrected chi connectivity index (χ1v) is 11.6. The standard InChI is InChI=1S/C25H39FN2O2/c1-24(2,3)30-23(29)27(4)16-8-9-20-12-14-25(15-13-20,28-17-5-6-18-28)21-10-7-11-22(26)19-21/h7,10-11,19-20H,5-6,8-9,12-18H2,1-4H3. The number of carbonyl (C=O) groups is 1. The molecule has 1 saturated heterocycles. The third kappa shape index (κ3) is 5.75. The van der Waals surface area contributed by atoms with Gasteiger partial charge >= 0.3 is 6.09 Å². The summed E-state index contributed by atoms with van der Waals surface area (Å²) in [7, 11) is 1.82. The molecule has 1 aromatic carbocycles. The van der Waals surface area contributed by atoms with Gasteiger partial charge in [-0.25, -0.2) is 9.18 Å². The fourth-order valence-corrected chi connectivity index (χ4v) is 5.20. The van der Waals surface area contributed by atoms with Crippen LogP contribution in [-0.4, -0.2) is 48.2 Å². The highest BCUT2D eigenvalue weighted by Gasteiger charge is 2.42. The minimum atomic E-state index is -0.454. The van der Waals surface area contributed by atoms with E-state index >= 15 is 0 Å². The molecule has 0 N–H and O–H groups in total. The zero-order valence-electron chi connectivity index (χ0n) is 19.3. The van der Waals surface area contributed by atoms with E-state index in [9.17, 15) is 9.18 Å². The third-order valence-corrected chi connectivity index (χ3v) is 6.82. The van der Waals surface area contributed by atoms with Crippen LogP contribution >= 0.6 is 0 Å². The molecule has 2 aliphatic rings. The molecule has 0 bridgehead atoms. The maximum atomic E-state index is 14.0. The summed E-state index contributed by atoms with van der Waals surface area (Å²) in [6.07, 6.45) is 8.92. The van der Waals surface area contributed by atoms with Gasteiger partial charge < -0.3 is 9.64 Å². The Balaban J connectivity index is 1.53. The summed E-state index contributed by atoms with van der Waals surface area (Å²) in [6.45, 7) is 8.67. The van der Waals surface area contributed by atoms with E-state index in [1.54, 1.807) is 17.0 Å². The molecule has 5 heteroatoms. The van der Waals surface area contributed by atoms with Crippen LogP contribution in [0.1, 0.15) is 77.7 Å². The molecule has 1 saturated carbocycles. The lowest BCUT2D eigenvalue weighted by molar-refractivity contribution is 0.0285. The first-order chi connectivity index (χ1) is 14.2. The summed E-state index contributed by atoms with van der Waals surface area (Å²) in [6, 6.07) is 7.29. The lowest BCUT2D eigenvalue weighted by Crippen LogP contribution is -2.47. The van der Waals surface area contributed by atoms with E-state index in [0.717, 1.165) is 50.9 Å². The number of likely N-dealkylation sites (tertiary alicyclic amines) is 1. The SMILES string of the molecule is CN(CCCC1CCC(c2cccc(F)c2)(N2CCCC2)CC1)C(=O)OC(C)(C)C. The Morgan fingerprint density at radius 2 is 1.90 bits per heavy atom. The molecule has 0 spiro atoms. The Morgan fingerprint density at radius 1 is 1.23 bits per heavy atom. The van der Waals surface area contributed by atoms with Crippen molar-refractivity contribution in [1.29, 1.82) is 0 Å². The Kier molecular flexibility index (Phi) is 7.43. The predicted molar refractivity (Wildman–Crippen MR) is 119 cm³/mol. The minimum Gasteiger partial charge on any atom is -0.444 e. The van der Waals surface area contributed by atoms with E-state index in [-0.39, 0.29) is 17.4 Å². The van der Waals surface area contributed by atoms with Gasteiger partial charge in [-0.15, -0.1) is 0 Å². The van der Waals surface area contributed by atoms with Crippen molar-refractivity contribution in [1.82, 2.24) is 9.80 Å². The summed E-state index contributed by atoms with van der Waals surface area (Å²) >= 11 is 0. The number of amides is 1. The molecule has 4 nitrogen and oxygen atoms in total. The van der Waals surface area contributed by atoms with Crippen molar-refractivity contribution in [2.75, 3.05) is 26.7 Å². The smallest absolute Gasteiger partial charge is 0.410 e. The molecule has 3 rings (SSSR count). The number of hydrogen-bond acceptors (Lipinski definition) is 3. The van der Waals surface area contributed by atoms with Gasteiger partial charge in [0.25, 0.3) is 0 Å². The average Bonchev–Trinajstić information content (AvgIpc) is 3.22. The van der Waals surface area contributed by atoms with E-state index in [1.165, 1.54) is 25.7 Å². The van der Waals surface area contributed by atoms with Crippen molar-refractivity contribution in [3.63, 3.8) is 0 Å². The van der Waals surface area contributed by atoms with Crippen LogP contribution in [0, 0.1) is 11.7 Å². The van der Waals surface area contributed by atoms with E-state index < -0.39 is 5.60 Å². The average molecular weight is 419 g/mol. The number of hydrogen-bond donors (Lipinski definition) is 0. The van der Waals surface area contributed by atoms with Crippen molar-refractivity contribution in [3.05, 3.63) is 35.6 Å². The maximum Gasteiger partial charge on any atom is 0.410 e. The molecule has 0 aromatic heterocycles. The summed E-state index contributed by atoms with van der Waals surface area (Å²) in [5.74, 6) is 0.555. The highest BCUT2D eigenvalue weighted by molar-refractivity contribution is 5.67. The number of benzene rings is 1. The van der Waals surface area contributed by atoms with Crippen LogP contribution in [0.25, 0.3) is 0 Å². The quantitative estimate of drug-likeness (QED) is 0.572. The van der Waals surface area contributed by atoms with Gasteiger partial charge in [0.1, 0.15) is 11.4 Å². The lowest BCUT2D eigenvalue weighted by atomic mass is 9.70. The lowest BCUT2D eigenvalue weighted by Gasteiger charge is -2.47. The Morgan fingerprint density at radius 3 is 2.50 bits per heavy atom. The molecule has 1 aliphatic heterocycles. The molecule has 168 valence electrons. The fourth-order valence-electron chi connectivity index (χ4n) is 5.20. The molecular formula is C25H39FN2O2. The number of nitrogens with zero attached hydrogens (tertiary/aromatic N) is 2. The van der Waals surface area contributed by atoms with E-state index in [0.29, 0.717) is 5.92 Å². The van der Waals surface area contributed by atoms with Gasteiger partial charge in [-0.1, -0.05) is 12.1 Å². The van der Waals surface area contributed by atoms with E-state index in [1.807, 2.05) is 33.9 Å². The van der Waals surface area contributed by atoms with Gasteiger partial charge in [-0.05, 0) is 109 Å². The van der Waals surface area contributed by atoms with Crippen molar-refractivity contribution in [2.24, 2.45) is 5.92 Å². The predicted octanol–water partition coefficient (Wildman–Crippen LogP) is 5.95. The Hall–Kier alpha value is -1.62. The number of ether oxygens (including phenoxy) is 1. The number of rotatable bonds is 6. The summed E-state index contributed by atoms with van der Waals surface area (Å²) < 4.78 is 19.4. The largest absolute Gasteiger partial charge is 0.444 e. The number of halogens is 1. The molecule has 1 aromatic rings. The molecule has 30 heavy (non-hydrogen) atoms. The third-order valence-electron chi connectivity index (χ3n) is 6.82. The second-order valence-electron chi connectivity index (χ2n) is 10.2. The fraction of sp³-hybridized carbons (Fsp3) is 0.720. The second-order valence-corrected chi connectivity index (χ2v) is 10.2. The van der Waals surface area contributed by atoms with Crippen molar-refractivity contribution in [2.45, 2.75) is 83.3 Å². The molecule has 0 radical (unpaired) electrons. The van der Waals surface area contributed by atoms with E-state index in [4.69, 9.17) is 4.74 Å². The zero-order chi connectivity index (χ0) is 21.8. The molecule has 1 heterocycles. The van der Waals surface area contributed by atoms with Gasteiger partial charge in [-0.3, -0.25) is 4.90 Å². The Bertz CT molecular complexity index is 701. The molecular weight excluding hydrogens is 379 g/mol. The second kappa shape index (κ2) is 9.67. The molecule has 2 fully saturated rings. The van der Waals surface area contributed by atoms with Crippen LogP contribution in [0.4, 0.5) is 9.18 Å². The van der Waals surface area contributed by atoms with Gasteiger partial charge in [0.2, 0.25) is 0 Å². The first-order valence-electron chi connectivity index (χ1n) is 11.6. The Labute approximate surface area is 181 Å². The van der Waals surface area contributed by atoms with Crippen molar-refractivity contribution < 1.29 is 13.9 Å². The summed E-state index contributed by atoms with van der Waals surface area (Å²) in [5, 5.41) is 0. The van der Waals surface area contributed by atoms with Crippen molar-refractivity contribution in [3.8, 4) is 0 Å². The highest BCUT2D eigenvalue weighted by Crippen LogP contribution is 2.46. The van der Waals surface area contributed by atoms with Crippen LogP contribution in [0.15, 0.2) is 24.3 Å². The normalized spacial score (nSPS) is 25.3. The monoisotopic (exact) mass is 418 g/mol. The zero-order valence-corrected chi connectivity index (χ0v) is 19.3. The molecule has 0 unspecified atom stereocenters. The maximum absolute atomic E-state index is 14.0. The van der Waals surface area contributed by atoms with Crippen LogP contribution in [0.2, 0.25) is 0 Å². The van der Waals surface area contributed by atoms with Crippen LogP contribution in [0.3, 0.4) is 0 Å². The van der Waals surface area contributed by atoms with Gasteiger partial charge in [-0.2, -0.15) is 0 Å². The molecule has 1 aliphatic carbocycles. The molecule has 1 amide bonds. The van der Waals surface area contributed by atoms with Gasteiger partial charge in [0.15, 0.2) is 0 Å². The van der Waals surface area contributed by atoms with Crippen LogP contribution in [0.5, 0.6) is 0 Å². The minimum absolute atomic E-state index is 0.00239. The van der Waals surface area contributed by atoms with Crippen molar-refractivity contribution >= 4 is 6.09 Å². The van der Waals surface area contributed by atoms with E-state index in [2.05, 4.69) is 11.0 Å². The van der Waals surface area contributed by atoms with Crippen LogP contribution < -0.4 is 0 Å². The summed E-state index contributed by atoms with van der Waals surface area (Å²) in [4.78, 5) is 16.4. The van der Waals surface area contributed by atoms with Gasteiger partial charge in [0.05, 0.1) is 0 Å².